The molecular formula is C53H40N2. The SMILES string of the molecule is N/C(=C\C(=NCc1ccccc1)c1ccc(-c2ccc(-c3ccc4c(c3)C(c3ccccc3)(c3ccccc3)c3ccccc3-4)cc2)cc1)c1ccccc1. The lowest BCUT2D eigenvalue weighted by Crippen LogP contribution is -2.28. The van der Waals surface area contributed by atoms with E-state index in [1.54, 1.807) is 0 Å². The fourth-order valence-corrected chi connectivity index (χ4v) is 8.15. The minimum absolute atomic E-state index is 0.420. The fraction of sp³-hybridized carbons (Fsp3) is 0.0377. The van der Waals surface area contributed by atoms with Crippen LogP contribution in [-0.4, -0.2) is 5.71 Å². The smallest absolute Gasteiger partial charge is 0.0713 e. The zero-order chi connectivity index (χ0) is 37.0. The molecule has 0 saturated carbocycles. The van der Waals surface area contributed by atoms with E-state index in [1.807, 2.05) is 54.6 Å². The lowest BCUT2D eigenvalue weighted by atomic mass is 9.67. The molecular weight excluding hydrogens is 665 g/mol. The molecule has 0 heterocycles. The molecule has 0 unspecified atom stereocenters. The van der Waals surface area contributed by atoms with Gasteiger partial charge in [0.1, 0.15) is 0 Å². The number of benzene rings is 8. The highest BCUT2D eigenvalue weighted by Crippen LogP contribution is 2.56. The van der Waals surface area contributed by atoms with Crippen LogP contribution >= 0.6 is 0 Å². The van der Waals surface area contributed by atoms with E-state index < -0.39 is 5.41 Å². The van der Waals surface area contributed by atoms with E-state index in [-0.39, 0.29) is 0 Å². The standard InChI is InChI=1S/C53H40N2/c54-51(42-17-7-2-8-18-42)36-52(55-37-38-15-5-1-6-16-38)43-31-29-40(30-32-43)39-25-27-41(28-26-39)44-33-34-48-47-23-13-14-24-49(47)53(50(48)35-44,45-19-9-3-10-20-45)46-21-11-4-12-22-46/h1-36H,37,54H2/b51-36-,55-52?. The summed E-state index contributed by atoms with van der Waals surface area (Å²) < 4.78 is 0. The van der Waals surface area contributed by atoms with Gasteiger partial charge in [-0.2, -0.15) is 0 Å². The van der Waals surface area contributed by atoms with E-state index in [0.717, 1.165) is 33.5 Å². The summed E-state index contributed by atoms with van der Waals surface area (Å²) in [4.78, 5) is 5.02. The summed E-state index contributed by atoms with van der Waals surface area (Å²) in [5.41, 5.74) is 23.3. The van der Waals surface area contributed by atoms with E-state index in [0.29, 0.717) is 12.2 Å². The second-order valence-corrected chi connectivity index (χ2v) is 14.1. The summed E-state index contributed by atoms with van der Waals surface area (Å²) in [5.74, 6) is 0. The Labute approximate surface area is 323 Å². The minimum atomic E-state index is -0.420. The van der Waals surface area contributed by atoms with Gasteiger partial charge in [-0.3, -0.25) is 4.99 Å². The van der Waals surface area contributed by atoms with E-state index in [1.165, 1.54) is 44.5 Å². The van der Waals surface area contributed by atoms with Crippen molar-refractivity contribution in [2.75, 3.05) is 0 Å². The van der Waals surface area contributed by atoms with Crippen molar-refractivity contribution in [2.45, 2.75) is 12.0 Å². The molecule has 0 bridgehead atoms. The van der Waals surface area contributed by atoms with Gasteiger partial charge in [0.2, 0.25) is 0 Å². The molecule has 2 N–H and O–H groups in total. The third-order valence-corrected chi connectivity index (χ3v) is 10.9. The van der Waals surface area contributed by atoms with Gasteiger partial charge in [0.15, 0.2) is 0 Å². The van der Waals surface area contributed by atoms with Gasteiger partial charge in [0, 0.05) is 5.70 Å². The van der Waals surface area contributed by atoms with E-state index in [4.69, 9.17) is 10.7 Å². The maximum Gasteiger partial charge on any atom is 0.0713 e. The molecule has 0 aliphatic heterocycles. The van der Waals surface area contributed by atoms with Crippen LogP contribution in [0.5, 0.6) is 0 Å². The van der Waals surface area contributed by atoms with Crippen LogP contribution in [0.25, 0.3) is 39.1 Å². The lowest BCUT2D eigenvalue weighted by molar-refractivity contribution is 0.769. The molecule has 2 nitrogen and oxygen atoms in total. The van der Waals surface area contributed by atoms with Crippen LogP contribution in [0, 0.1) is 0 Å². The Hall–Kier alpha value is -7.03. The first-order valence-corrected chi connectivity index (χ1v) is 18.9. The van der Waals surface area contributed by atoms with E-state index in [9.17, 15) is 0 Å². The average Bonchev–Trinajstić information content (AvgIpc) is 3.57. The highest BCUT2D eigenvalue weighted by atomic mass is 14.7. The lowest BCUT2D eigenvalue weighted by Gasteiger charge is -2.34. The van der Waals surface area contributed by atoms with Crippen LogP contribution < -0.4 is 5.73 Å². The van der Waals surface area contributed by atoms with Crippen molar-refractivity contribution in [3.05, 3.63) is 257 Å². The van der Waals surface area contributed by atoms with Gasteiger partial charge in [-0.15, -0.1) is 0 Å². The third-order valence-electron chi connectivity index (χ3n) is 10.9. The molecule has 0 saturated heterocycles. The van der Waals surface area contributed by atoms with Crippen LogP contribution in [0.15, 0.2) is 223 Å². The number of fused-ring (bicyclic) bond motifs is 3. The highest BCUT2D eigenvalue weighted by Gasteiger charge is 2.46. The Morgan fingerprint density at radius 2 is 0.909 bits per heavy atom. The Morgan fingerprint density at radius 3 is 1.53 bits per heavy atom. The first kappa shape index (κ1) is 33.8. The normalized spacial score (nSPS) is 13.2. The van der Waals surface area contributed by atoms with Crippen molar-refractivity contribution < 1.29 is 0 Å². The van der Waals surface area contributed by atoms with Crippen molar-refractivity contribution in [3.8, 4) is 33.4 Å². The number of hydrogen-bond donors (Lipinski definition) is 1. The number of nitrogens with zero attached hydrogens (tertiary/aromatic N) is 1. The first-order chi connectivity index (χ1) is 27.2. The number of allylic oxidation sites excluding steroid dienone is 1. The van der Waals surface area contributed by atoms with Crippen molar-refractivity contribution in [3.63, 3.8) is 0 Å². The van der Waals surface area contributed by atoms with Crippen LogP contribution in [-0.2, 0) is 12.0 Å². The molecule has 0 aromatic heterocycles. The maximum atomic E-state index is 6.59. The van der Waals surface area contributed by atoms with Gasteiger partial charge in [0.05, 0.1) is 17.7 Å². The molecule has 0 amide bonds. The van der Waals surface area contributed by atoms with Crippen molar-refractivity contribution in [2.24, 2.45) is 10.7 Å². The molecule has 0 fully saturated rings. The van der Waals surface area contributed by atoms with Crippen LogP contribution in [0.3, 0.4) is 0 Å². The molecule has 262 valence electrons. The van der Waals surface area contributed by atoms with Gasteiger partial charge >= 0.3 is 0 Å². The van der Waals surface area contributed by atoms with Crippen LogP contribution in [0.1, 0.15) is 38.9 Å². The molecule has 9 rings (SSSR count). The van der Waals surface area contributed by atoms with E-state index >= 15 is 0 Å². The topological polar surface area (TPSA) is 38.4 Å². The average molecular weight is 705 g/mol. The molecule has 8 aromatic rings. The van der Waals surface area contributed by atoms with Gasteiger partial charge in [-0.05, 0) is 84.5 Å². The number of rotatable bonds is 9. The summed E-state index contributed by atoms with van der Waals surface area (Å²) in [7, 11) is 0. The second-order valence-electron chi connectivity index (χ2n) is 14.1. The van der Waals surface area contributed by atoms with Gasteiger partial charge in [-0.25, -0.2) is 0 Å². The highest BCUT2D eigenvalue weighted by molar-refractivity contribution is 6.12. The summed E-state index contributed by atoms with van der Waals surface area (Å²) in [6.45, 7) is 0.574. The second kappa shape index (κ2) is 14.8. The molecule has 8 aromatic carbocycles. The first-order valence-electron chi connectivity index (χ1n) is 18.9. The predicted molar refractivity (Wildman–Crippen MR) is 230 cm³/mol. The summed E-state index contributed by atoms with van der Waals surface area (Å²) in [6, 6.07) is 75.8. The van der Waals surface area contributed by atoms with Crippen molar-refractivity contribution in [1.82, 2.24) is 0 Å². The molecule has 1 aliphatic rings. The van der Waals surface area contributed by atoms with Crippen molar-refractivity contribution in [1.29, 1.82) is 0 Å². The molecule has 0 radical (unpaired) electrons. The minimum Gasteiger partial charge on any atom is -0.398 e. The molecule has 1 aliphatic carbocycles. The Morgan fingerprint density at radius 1 is 0.436 bits per heavy atom. The Kier molecular flexibility index (Phi) is 9.07. The molecule has 0 atom stereocenters. The monoisotopic (exact) mass is 704 g/mol. The van der Waals surface area contributed by atoms with Crippen LogP contribution in [0.4, 0.5) is 0 Å². The summed E-state index contributed by atoms with van der Waals surface area (Å²) >= 11 is 0. The summed E-state index contributed by atoms with van der Waals surface area (Å²) in [6.07, 6.45) is 1.99. The molecule has 55 heavy (non-hydrogen) atoms. The maximum absolute atomic E-state index is 6.59. The third kappa shape index (κ3) is 6.38. The molecule has 2 heteroatoms. The quantitative estimate of drug-likeness (QED) is 0.149. The number of nitrogens with two attached hydrogens (primary N) is 1. The fourth-order valence-electron chi connectivity index (χ4n) is 8.15. The van der Waals surface area contributed by atoms with Crippen LogP contribution in [0.2, 0.25) is 0 Å². The zero-order valence-electron chi connectivity index (χ0n) is 30.5. The van der Waals surface area contributed by atoms with Gasteiger partial charge in [0.25, 0.3) is 0 Å². The summed E-state index contributed by atoms with van der Waals surface area (Å²) in [5, 5.41) is 0. The zero-order valence-corrected chi connectivity index (χ0v) is 30.5. The van der Waals surface area contributed by atoms with E-state index in [2.05, 4.69) is 164 Å². The van der Waals surface area contributed by atoms with Gasteiger partial charge < -0.3 is 5.73 Å². The Balaban J connectivity index is 1.05. The predicted octanol–water partition coefficient (Wildman–Crippen LogP) is 12.4. The molecule has 0 spiro atoms. The number of aliphatic imine (C=N–C) groups is 1. The number of hydrogen-bond acceptors (Lipinski definition) is 2. The Bertz CT molecular complexity index is 2580. The van der Waals surface area contributed by atoms with Crippen molar-refractivity contribution >= 4 is 11.4 Å². The largest absolute Gasteiger partial charge is 0.398 e. The van der Waals surface area contributed by atoms with Gasteiger partial charge in [-0.1, -0.05) is 206 Å².